The van der Waals surface area contributed by atoms with Crippen LogP contribution in [0.25, 0.3) is 0 Å². The lowest BCUT2D eigenvalue weighted by molar-refractivity contribution is 0.444. The maximum atomic E-state index is 12.4. The lowest BCUT2D eigenvalue weighted by Crippen LogP contribution is -2.43. The number of thioether (sulfide) groups is 2. The summed E-state index contributed by atoms with van der Waals surface area (Å²) in [5, 5.41) is 7.41. The van der Waals surface area contributed by atoms with E-state index in [1.165, 1.54) is 6.42 Å². The van der Waals surface area contributed by atoms with Gasteiger partial charge in [0.05, 0.1) is 12.3 Å². The number of rotatable bonds is 7. The van der Waals surface area contributed by atoms with Crippen LogP contribution >= 0.6 is 23.5 Å². The summed E-state index contributed by atoms with van der Waals surface area (Å²) in [5.74, 6) is 2.62. The Morgan fingerprint density at radius 2 is 2.08 bits per heavy atom. The average molecular weight is 395 g/mol. The van der Waals surface area contributed by atoms with Gasteiger partial charge in [0.15, 0.2) is 5.96 Å². The molecule has 0 bridgehead atoms. The summed E-state index contributed by atoms with van der Waals surface area (Å²) in [6.07, 6.45) is 5.70. The molecule has 6 nitrogen and oxygen atoms in total. The molecule has 0 aromatic rings. The van der Waals surface area contributed by atoms with E-state index in [1.807, 2.05) is 30.4 Å². The summed E-state index contributed by atoms with van der Waals surface area (Å²) in [6.45, 7) is 4.37. The Kier molecular flexibility index (Phi) is 8.53. The fourth-order valence-corrected chi connectivity index (χ4v) is 6.28. The lowest BCUT2D eigenvalue weighted by Gasteiger charge is -2.25. The van der Waals surface area contributed by atoms with Crippen molar-refractivity contribution in [3.05, 3.63) is 0 Å². The van der Waals surface area contributed by atoms with Crippen LogP contribution in [0.1, 0.15) is 26.2 Å². The van der Waals surface area contributed by atoms with Gasteiger partial charge in [0.2, 0.25) is 10.0 Å². The Labute approximate surface area is 155 Å². The van der Waals surface area contributed by atoms with Gasteiger partial charge in [-0.1, -0.05) is 0 Å². The van der Waals surface area contributed by atoms with Crippen LogP contribution in [0.2, 0.25) is 0 Å². The third-order valence-electron chi connectivity index (χ3n) is 4.39. The van der Waals surface area contributed by atoms with Crippen LogP contribution in [0.4, 0.5) is 0 Å². The Hall–Kier alpha value is -0.120. The van der Waals surface area contributed by atoms with Crippen LogP contribution in [-0.2, 0) is 10.0 Å². The van der Waals surface area contributed by atoms with E-state index in [2.05, 4.69) is 21.9 Å². The largest absolute Gasteiger partial charge is 0.357 e. The Morgan fingerprint density at radius 1 is 1.33 bits per heavy atom. The summed E-state index contributed by atoms with van der Waals surface area (Å²) in [7, 11) is -3.18. The van der Waals surface area contributed by atoms with Crippen molar-refractivity contribution in [2.45, 2.75) is 37.5 Å². The Balaban J connectivity index is 1.84. The number of hydrogen-bond donors (Lipinski definition) is 2. The van der Waals surface area contributed by atoms with Gasteiger partial charge in [-0.15, -0.1) is 0 Å². The molecule has 2 atom stereocenters. The Bertz CT molecular complexity index is 507. The van der Waals surface area contributed by atoms with E-state index in [4.69, 9.17) is 0 Å². The van der Waals surface area contributed by atoms with Gasteiger partial charge in [0.25, 0.3) is 0 Å². The first-order valence-corrected chi connectivity index (χ1v) is 12.7. The zero-order chi connectivity index (χ0) is 17.4. The van der Waals surface area contributed by atoms with Crippen molar-refractivity contribution in [3.63, 3.8) is 0 Å². The minimum absolute atomic E-state index is 0.0896. The van der Waals surface area contributed by atoms with Crippen molar-refractivity contribution < 1.29 is 8.42 Å². The molecule has 2 N–H and O–H groups in total. The van der Waals surface area contributed by atoms with Gasteiger partial charge in [0, 0.05) is 42.4 Å². The van der Waals surface area contributed by atoms with Crippen molar-refractivity contribution in [1.29, 1.82) is 0 Å². The SMILES string of the molecule is CCNC(=NCCS(=O)(=O)N1CCSCC1)NC1CCC(SC)C1. The lowest BCUT2D eigenvalue weighted by atomic mass is 10.2. The van der Waals surface area contributed by atoms with Crippen LogP contribution in [0.3, 0.4) is 0 Å². The van der Waals surface area contributed by atoms with Crippen molar-refractivity contribution in [1.82, 2.24) is 14.9 Å². The predicted octanol–water partition coefficient (Wildman–Crippen LogP) is 1.20. The van der Waals surface area contributed by atoms with Gasteiger partial charge in [-0.2, -0.15) is 23.5 Å². The van der Waals surface area contributed by atoms with Gasteiger partial charge in [-0.05, 0) is 32.4 Å². The molecule has 2 unspecified atom stereocenters. The standard InChI is InChI=1S/C15H30N4O2S3/c1-3-16-15(18-13-4-5-14(12-13)22-2)17-6-11-24(20,21)19-7-9-23-10-8-19/h13-14H,3-12H2,1-2H3,(H2,16,17,18). The number of sulfonamides is 1. The summed E-state index contributed by atoms with van der Waals surface area (Å²) in [5.41, 5.74) is 0. The van der Waals surface area contributed by atoms with E-state index in [0.29, 0.717) is 25.7 Å². The molecule has 1 saturated heterocycles. The second kappa shape index (κ2) is 10.1. The third kappa shape index (κ3) is 6.31. The molecule has 0 radical (unpaired) electrons. The first-order valence-electron chi connectivity index (χ1n) is 8.68. The van der Waals surface area contributed by atoms with Crippen LogP contribution < -0.4 is 10.6 Å². The van der Waals surface area contributed by atoms with Crippen molar-refractivity contribution >= 4 is 39.5 Å². The molecule has 2 rings (SSSR count). The van der Waals surface area contributed by atoms with E-state index in [0.717, 1.165) is 42.1 Å². The molecular weight excluding hydrogens is 364 g/mol. The molecule has 0 amide bonds. The summed E-state index contributed by atoms with van der Waals surface area (Å²) >= 11 is 3.74. The molecule has 1 saturated carbocycles. The van der Waals surface area contributed by atoms with Gasteiger partial charge in [-0.25, -0.2) is 12.7 Å². The van der Waals surface area contributed by atoms with Gasteiger partial charge >= 0.3 is 0 Å². The molecule has 0 aromatic heterocycles. The molecule has 1 aliphatic heterocycles. The fourth-order valence-electron chi connectivity index (χ4n) is 3.03. The Morgan fingerprint density at radius 3 is 2.71 bits per heavy atom. The van der Waals surface area contributed by atoms with Crippen LogP contribution in [-0.4, -0.2) is 79.7 Å². The van der Waals surface area contributed by atoms with E-state index >= 15 is 0 Å². The highest BCUT2D eigenvalue weighted by molar-refractivity contribution is 7.99. The highest BCUT2D eigenvalue weighted by Crippen LogP contribution is 2.28. The van der Waals surface area contributed by atoms with E-state index in [9.17, 15) is 8.42 Å². The molecule has 140 valence electrons. The van der Waals surface area contributed by atoms with Crippen molar-refractivity contribution in [2.24, 2.45) is 4.99 Å². The van der Waals surface area contributed by atoms with E-state index in [1.54, 1.807) is 4.31 Å². The van der Waals surface area contributed by atoms with Crippen molar-refractivity contribution in [3.8, 4) is 0 Å². The molecule has 24 heavy (non-hydrogen) atoms. The van der Waals surface area contributed by atoms with Gasteiger partial charge in [0.1, 0.15) is 0 Å². The first-order chi connectivity index (χ1) is 11.5. The smallest absolute Gasteiger partial charge is 0.215 e. The molecule has 9 heteroatoms. The normalized spacial score (nSPS) is 26.5. The fraction of sp³-hybridized carbons (Fsp3) is 0.933. The topological polar surface area (TPSA) is 73.8 Å². The number of nitrogens with one attached hydrogen (secondary N) is 2. The molecule has 1 heterocycles. The molecule has 2 aliphatic rings. The zero-order valence-corrected chi connectivity index (χ0v) is 17.1. The molecule has 0 aromatic carbocycles. The third-order valence-corrected chi connectivity index (χ3v) is 8.27. The maximum absolute atomic E-state index is 12.4. The minimum atomic E-state index is -3.18. The highest BCUT2D eigenvalue weighted by atomic mass is 32.2. The van der Waals surface area contributed by atoms with Gasteiger partial charge < -0.3 is 10.6 Å². The summed E-state index contributed by atoms with van der Waals surface area (Å²) in [6, 6.07) is 0.441. The minimum Gasteiger partial charge on any atom is -0.357 e. The van der Waals surface area contributed by atoms with Crippen molar-refractivity contribution in [2.75, 3.05) is 49.7 Å². The number of guanidine groups is 1. The maximum Gasteiger partial charge on any atom is 0.215 e. The van der Waals surface area contributed by atoms with Gasteiger partial charge in [-0.3, -0.25) is 4.99 Å². The number of hydrogen-bond acceptors (Lipinski definition) is 5. The molecule has 0 spiro atoms. The zero-order valence-electron chi connectivity index (χ0n) is 14.7. The quantitative estimate of drug-likeness (QED) is 0.499. The number of aliphatic imine (C=N–C) groups is 1. The van der Waals surface area contributed by atoms with Crippen LogP contribution in [0.15, 0.2) is 4.99 Å². The number of nitrogens with zero attached hydrogens (tertiary/aromatic N) is 2. The summed E-state index contributed by atoms with van der Waals surface area (Å²) < 4.78 is 26.3. The monoisotopic (exact) mass is 394 g/mol. The molecule has 1 aliphatic carbocycles. The first kappa shape index (κ1) is 20.2. The average Bonchev–Trinajstić information content (AvgIpc) is 3.03. The highest BCUT2D eigenvalue weighted by Gasteiger charge is 2.25. The molecular formula is C15H30N4O2S3. The summed E-state index contributed by atoms with van der Waals surface area (Å²) in [4.78, 5) is 4.48. The van der Waals surface area contributed by atoms with Crippen LogP contribution in [0, 0.1) is 0 Å². The second-order valence-electron chi connectivity index (χ2n) is 6.10. The predicted molar refractivity (Wildman–Crippen MR) is 107 cm³/mol. The van der Waals surface area contributed by atoms with E-state index in [-0.39, 0.29) is 5.75 Å². The van der Waals surface area contributed by atoms with E-state index < -0.39 is 10.0 Å². The van der Waals surface area contributed by atoms with Crippen LogP contribution in [0.5, 0.6) is 0 Å². The second-order valence-corrected chi connectivity index (χ2v) is 10.6. The molecule has 2 fully saturated rings.